The molecule has 0 fully saturated rings. The number of fused-ring (bicyclic) bond motifs is 1. The van der Waals surface area contributed by atoms with Gasteiger partial charge < -0.3 is 15.5 Å². The molecule has 3 aromatic rings. The van der Waals surface area contributed by atoms with Gasteiger partial charge in [-0.1, -0.05) is 30.8 Å². The minimum atomic E-state index is -2.89. The molecular weight excluding hydrogens is 456 g/mol. The van der Waals surface area contributed by atoms with Crippen LogP contribution in [-0.4, -0.2) is 44.9 Å². The van der Waals surface area contributed by atoms with Crippen LogP contribution in [0, 0.1) is 0 Å². The van der Waals surface area contributed by atoms with Gasteiger partial charge >= 0.3 is 6.61 Å². The number of alkyl halides is 2. The fourth-order valence-corrected chi connectivity index (χ4v) is 5.15. The summed E-state index contributed by atoms with van der Waals surface area (Å²) in [6, 6.07) is 13.9. The van der Waals surface area contributed by atoms with Crippen LogP contribution in [0.1, 0.15) is 13.3 Å². The molecule has 2 N–H and O–H groups in total. The van der Waals surface area contributed by atoms with E-state index in [1.54, 1.807) is 23.9 Å². The van der Waals surface area contributed by atoms with Crippen LogP contribution in [0.2, 0.25) is 0 Å². The van der Waals surface area contributed by atoms with Gasteiger partial charge in [-0.15, -0.1) is 22.0 Å². The first-order valence-corrected chi connectivity index (χ1v) is 11.7. The summed E-state index contributed by atoms with van der Waals surface area (Å²) in [6.07, 6.45) is 0.901. The summed E-state index contributed by atoms with van der Waals surface area (Å²) in [5.74, 6) is 6.65. The molecule has 1 aromatic heterocycles. The summed E-state index contributed by atoms with van der Waals surface area (Å²) in [5.41, 5.74) is 1.51. The molecule has 0 saturated heterocycles. The summed E-state index contributed by atoms with van der Waals surface area (Å²) in [4.78, 5) is 15.9. The second kappa shape index (κ2) is 9.78. The third-order valence-electron chi connectivity index (χ3n) is 4.87. The van der Waals surface area contributed by atoms with Crippen LogP contribution < -0.4 is 15.5 Å². The molecule has 168 valence electrons. The summed E-state index contributed by atoms with van der Waals surface area (Å²) in [7, 11) is 0. The highest BCUT2D eigenvalue weighted by Gasteiger charge is 2.25. The number of nitrogen functional groups attached to an aromatic ring is 1. The number of carbonyl (C=O) groups excluding carboxylic acids is 1. The van der Waals surface area contributed by atoms with Crippen molar-refractivity contribution in [3.63, 3.8) is 0 Å². The number of thioether (sulfide) groups is 2. The van der Waals surface area contributed by atoms with Crippen molar-refractivity contribution in [3.05, 3.63) is 48.5 Å². The zero-order valence-electron chi connectivity index (χ0n) is 17.1. The molecule has 1 atom stereocenters. The predicted molar refractivity (Wildman–Crippen MR) is 122 cm³/mol. The van der Waals surface area contributed by atoms with Gasteiger partial charge in [-0.05, 0) is 42.8 Å². The molecule has 2 aromatic carbocycles. The zero-order valence-corrected chi connectivity index (χ0v) is 18.8. The maximum absolute atomic E-state index is 13.0. The molecule has 1 aliphatic rings. The van der Waals surface area contributed by atoms with Gasteiger partial charge in [-0.3, -0.25) is 4.79 Å². The van der Waals surface area contributed by atoms with Crippen molar-refractivity contribution in [1.82, 2.24) is 14.9 Å². The Morgan fingerprint density at radius 3 is 2.75 bits per heavy atom. The van der Waals surface area contributed by atoms with E-state index in [2.05, 4.69) is 21.9 Å². The Bertz CT molecular complexity index is 1090. The first-order valence-electron chi connectivity index (χ1n) is 9.87. The SMILES string of the molecule is C[C@@H]1CCN(C(=O)CSc2nnc(-c3ccc(OC(F)F)cc3)n2N)c2ccccc2S1. The van der Waals surface area contributed by atoms with E-state index >= 15 is 0 Å². The van der Waals surface area contributed by atoms with Crippen molar-refractivity contribution in [3.8, 4) is 17.1 Å². The van der Waals surface area contributed by atoms with Crippen LogP contribution in [-0.2, 0) is 4.79 Å². The summed E-state index contributed by atoms with van der Waals surface area (Å²) < 4.78 is 30.3. The number of hydrogen-bond donors (Lipinski definition) is 1. The highest BCUT2D eigenvalue weighted by atomic mass is 32.2. The van der Waals surface area contributed by atoms with E-state index in [0.29, 0.717) is 28.3 Å². The fourth-order valence-electron chi connectivity index (χ4n) is 3.31. The number of halogens is 2. The van der Waals surface area contributed by atoms with Gasteiger partial charge in [-0.25, -0.2) is 4.68 Å². The van der Waals surface area contributed by atoms with Crippen molar-refractivity contribution in [2.24, 2.45) is 0 Å². The smallest absolute Gasteiger partial charge is 0.387 e. The minimum absolute atomic E-state index is 0.0322. The van der Waals surface area contributed by atoms with Crippen molar-refractivity contribution in [2.75, 3.05) is 23.0 Å². The maximum atomic E-state index is 13.0. The van der Waals surface area contributed by atoms with Crippen LogP contribution in [0.25, 0.3) is 11.4 Å². The van der Waals surface area contributed by atoms with Crippen LogP contribution in [0.5, 0.6) is 5.75 Å². The molecule has 1 amide bonds. The quantitative estimate of drug-likeness (QED) is 0.419. The minimum Gasteiger partial charge on any atom is -0.435 e. The normalized spacial score (nSPS) is 16.0. The molecular formula is C21H21F2N5O2S2. The molecule has 0 saturated carbocycles. The standard InChI is InChI=1S/C21H21F2N5O2S2/c1-13-10-11-27(16-4-2-3-5-17(16)32-13)18(29)12-31-21-26-25-19(28(21)24)14-6-8-15(9-7-14)30-20(22)23/h2-9,13,20H,10-12,24H2,1H3/t13-/m1/s1. The third-order valence-corrected chi connectivity index (χ3v) is 7.04. The van der Waals surface area contributed by atoms with Gasteiger partial charge in [0.05, 0.1) is 11.4 Å². The molecule has 0 spiro atoms. The second-order valence-electron chi connectivity index (χ2n) is 7.10. The van der Waals surface area contributed by atoms with Gasteiger partial charge in [0.2, 0.25) is 11.1 Å². The highest BCUT2D eigenvalue weighted by Crippen LogP contribution is 2.37. The molecule has 32 heavy (non-hydrogen) atoms. The van der Waals surface area contributed by atoms with E-state index in [0.717, 1.165) is 17.0 Å². The largest absolute Gasteiger partial charge is 0.435 e. The van der Waals surface area contributed by atoms with Crippen LogP contribution in [0.4, 0.5) is 14.5 Å². The number of amides is 1. The maximum Gasteiger partial charge on any atom is 0.387 e. The Hall–Kier alpha value is -2.79. The summed E-state index contributed by atoms with van der Waals surface area (Å²) in [6.45, 7) is -0.0787. The van der Waals surface area contributed by atoms with Crippen molar-refractivity contribution in [2.45, 2.75) is 35.3 Å². The second-order valence-corrected chi connectivity index (χ2v) is 9.52. The average molecular weight is 478 g/mol. The van der Waals surface area contributed by atoms with Gasteiger partial charge in [0, 0.05) is 22.3 Å². The Morgan fingerprint density at radius 1 is 1.25 bits per heavy atom. The van der Waals surface area contributed by atoms with E-state index in [9.17, 15) is 13.6 Å². The van der Waals surface area contributed by atoms with Crippen LogP contribution >= 0.6 is 23.5 Å². The lowest BCUT2D eigenvalue weighted by atomic mass is 10.2. The lowest BCUT2D eigenvalue weighted by Gasteiger charge is -2.22. The highest BCUT2D eigenvalue weighted by molar-refractivity contribution is 8.00. The number of anilines is 1. The van der Waals surface area contributed by atoms with Crippen LogP contribution in [0.3, 0.4) is 0 Å². The molecule has 4 rings (SSSR count). The fraction of sp³-hybridized carbons (Fsp3) is 0.286. The Morgan fingerprint density at radius 2 is 2.00 bits per heavy atom. The Labute approximate surface area is 192 Å². The monoisotopic (exact) mass is 477 g/mol. The van der Waals surface area contributed by atoms with Crippen LogP contribution in [0.15, 0.2) is 58.6 Å². The molecule has 0 unspecified atom stereocenters. The molecule has 7 nitrogen and oxygen atoms in total. The first kappa shape index (κ1) is 22.4. The molecule has 2 heterocycles. The third kappa shape index (κ3) is 4.99. The van der Waals surface area contributed by atoms with E-state index in [1.807, 2.05) is 29.2 Å². The average Bonchev–Trinajstić information content (AvgIpc) is 3.04. The molecule has 1 aliphatic heterocycles. The number of rotatable bonds is 6. The molecule has 11 heteroatoms. The lowest BCUT2D eigenvalue weighted by molar-refractivity contribution is -0.116. The van der Waals surface area contributed by atoms with E-state index < -0.39 is 6.61 Å². The number of nitrogens with two attached hydrogens (primary N) is 1. The molecule has 0 aliphatic carbocycles. The number of para-hydroxylation sites is 1. The number of benzene rings is 2. The van der Waals surface area contributed by atoms with Gasteiger partial charge in [0.15, 0.2) is 5.82 Å². The topological polar surface area (TPSA) is 86.3 Å². The van der Waals surface area contributed by atoms with Gasteiger partial charge in [0.1, 0.15) is 5.75 Å². The van der Waals surface area contributed by atoms with E-state index in [4.69, 9.17) is 5.84 Å². The predicted octanol–water partition coefficient (Wildman–Crippen LogP) is 4.27. The first-order chi connectivity index (χ1) is 15.4. The number of nitrogens with zero attached hydrogens (tertiary/aromatic N) is 4. The zero-order chi connectivity index (χ0) is 22.7. The lowest BCUT2D eigenvalue weighted by Crippen LogP contribution is -2.33. The van der Waals surface area contributed by atoms with E-state index in [1.165, 1.54) is 28.6 Å². The summed E-state index contributed by atoms with van der Waals surface area (Å²) in [5, 5.41) is 8.96. The van der Waals surface area contributed by atoms with Gasteiger partial charge in [-0.2, -0.15) is 8.78 Å². The molecule has 0 radical (unpaired) electrons. The number of carbonyl (C=O) groups is 1. The Balaban J connectivity index is 1.45. The number of aromatic nitrogens is 3. The molecule has 0 bridgehead atoms. The number of ether oxygens (including phenoxy) is 1. The van der Waals surface area contributed by atoms with E-state index in [-0.39, 0.29) is 17.4 Å². The summed E-state index contributed by atoms with van der Waals surface area (Å²) >= 11 is 2.98. The number of hydrogen-bond acceptors (Lipinski definition) is 7. The van der Waals surface area contributed by atoms with Gasteiger partial charge in [0.25, 0.3) is 0 Å². The Kier molecular flexibility index (Phi) is 6.85. The van der Waals surface area contributed by atoms with Crippen molar-refractivity contribution >= 4 is 35.1 Å². The van der Waals surface area contributed by atoms with Crippen molar-refractivity contribution < 1.29 is 18.3 Å². The van der Waals surface area contributed by atoms with Crippen molar-refractivity contribution in [1.29, 1.82) is 0 Å².